The molecule has 74 valence electrons. The third-order valence-corrected chi connectivity index (χ3v) is 1.78. The number of ether oxygens (including phenoxy) is 1. The summed E-state index contributed by atoms with van der Waals surface area (Å²) in [4.78, 5) is 0. The first-order valence-electron chi connectivity index (χ1n) is 4.59. The van der Waals surface area contributed by atoms with Crippen LogP contribution in [0.4, 0.5) is 4.39 Å². The van der Waals surface area contributed by atoms with Crippen molar-refractivity contribution in [2.24, 2.45) is 0 Å². The molecule has 1 aromatic carbocycles. The lowest BCUT2D eigenvalue weighted by Gasteiger charge is -2.05. The van der Waals surface area contributed by atoms with E-state index >= 15 is 0 Å². The van der Waals surface area contributed by atoms with Crippen molar-refractivity contribution in [2.45, 2.75) is 19.3 Å². The quantitative estimate of drug-likeness (QED) is 0.673. The molecule has 0 bridgehead atoms. The fourth-order valence-corrected chi connectivity index (χ4v) is 1.05. The van der Waals surface area contributed by atoms with Gasteiger partial charge in [-0.2, -0.15) is 5.26 Å². The van der Waals surface area contributed by atoms with Crippen molar-refractivity contribution in [3.63, 3.8) is 0 Å². The van der Waals surface area contributed by atoms with Crippen LogP contribution in [0.5, 0.6) is 5.75 Å². The van der Waals surface area contributed by atoms with Crippen LogP contribution in [0.15, 0.2) is 24.3 Å². The highest BCUT2D eigenvalue weighted by Crippen LogP contribution is 2.15. The van der Waals surface area contributed by atoms with Gasteiger partial charge >= 0.3 is 0 Å². The van der Waals surface area contributed by atoms with Gasteiger partial charge in [-0.25, -0.2) is 4.39 Å². The third-order valence-electron chi connectivity index (χ3n) is 1.78. The van der Waals surface area contributed by atoms with Crippen LogP contribution in [0.1, 0.15) is 19.3 Å². The fraction of sp³-hybridized carbons (Fsp3) is 0.364. The Morgan fingerprint density at radius 3 is 2.79 bits per heavy atom. The van der Waals surface area contributed by atoms with E-state index in [2.05, 4.69) is 0 Å². The average Bonchev–Trinajstić information content (AvgIpc) is 2.20. The molecule has 0 atom stereocenters. The summed E-state index contributed by atoms with van der Waals surface area (Å²) in [6.45, 7) is 0.461. The number of unbranched alkanes of at least 4 members (excludes halogenated alkanes) is 2. The van der Waals surface area contributed by atoms with Gasteiger partial charge < -0.3 is 4.74 Å². The Morgan fingerprint density at radius 2 is 2.07 bits per heavy atom. The monoisotopic (exact) mass is 193 g/mol. The molecule has 0 radical (unpaired) electrons. The Hall–Kier alpha value is -1.56. The van der Waals surface area contributed by atoms with E-state index in [1.54, 1.807) is 18.2 Å². The average molecular weight is 193 g/mol. The molecule has 1 aromatic rings. The first-order valence-corrected chi connectivity index (χ1v) is 4.59. The van der Waals surface area contributed by atoms with Gasteiger partial charge in [0.05, 0.1) is 12.7 Å². The van der Waals surface area contributed by atoms with Crippen molar-refractivity contribution in [2.75, 3.05) is 6.61 Å². The Balaban J connectivity index is 2.25. The molecule has 0 aliphatic heterocycles. The van der Waals surface area contributed by atoms with Crippen LogP contribution in [0.2, 0.25) is 0 Å². The molecule has 0 saturated heterocycles. The minimum absolute atomic E-state index is 0.282. The van der Waals surface area contributed by atoms with E-state index in [0.717, 1.165) is 12.8 Å². The number of nitriles is 1. The lowest BCUT2D eigenvalue weighted by molar-refractivity contribution is 0.292. The van der Waals surface area contributed by atoms with E-state index in [9.17, 15) is 4.39 Å². The Bertz CT molecular complexity index is 319. The maximum atomic E-state index is 13.0. The number of para-hydroxylation sites is 1. The summed E-state index contributed by atoms with van der Waals surface area (Å²) in [5.74, 6) is -0.0581. The van der Waals surface area contributed by atoms with E-state index in [-0.39, 0.29) is 11.6 Å². The highest BCUT2D eigenvalue weighted by molar-refractivity contribution is 5.23. The van der Waals surface area contributed by atoms with Crippen molar-refractivity contribution >= 4 is 0 Å². The standard InChI is InChI=1S/C11H12FNO/c12-10-6-2-3-7-11(10)14-9-5-1-4-8-13/h2-3,6-7H,1,4-5,9H2. The molecule has 1 rings (SSSR count). The van der Waals surface area contributed by atoms with Crippen molar-refractivity contribution in [1.29, 1.82) is 5.26 Å². The second-order valence-corrected chi connectivity index (χ2v) is 2.89. The Kier molecular flexibility index (Phi) is 4.49. The van der Waals surface area contributed by atoms with Crippen LogP contribution < -0.4 is 4.74 Å². The molecule has 0 unspecified atom stereocenters. The first-order chi connectivity index (χ1) is 6.84. The molecule has 0 saturated carbocycles. The van der Waals surface area contributed by atoms with Gasteiger partial charge in [0, 0.05) is 6.42 Å². The normalized spacial score (nSPS) is 9.43. The van der Waals surface area contributed by atoms with Gasteiger partial charge in [-0.05, 0) is 25.0 Å². The molecule has 0 aliphatic rings. The van der Waals surface area contributed by atoms with Crippen LogP contribution in [-0.2, 0) is 0 Å². The molecule has 0 spiro atoms. The summed E-state index contributed by atoms with van der Waals surface area (Å²) in [5, 5.41) is 8.28. The Labute approximate surface area is 82.9 Å². The molecule has 0 amide bonds. The van der Waals surface area contributed by atoms with E-state index in [4.69, 9.17) is 10.00 Å². The third kappa shape index (κ3) is 3.44. The molecule has 14 heavy (non-hydrogen) atoms. The van der Waals surface area contributed by atoms with E-state index in [0.29, 0.717) is 13.0 Å². The largest absolute Gasteiger partial charge is 0.491 e. The predicted molar refractivity (Wildman–Crippen MR) is 51.4 cm³/mol. The SMILES string of the molecule is N#CCCCCOc1ccccc1F. The van der Waals surface area contributed by atoms with E-state index in [1.165, 1.54) is 6.07 Å². The predicted octanol–water partition coefficient (Wildman–Crippen LogP) is 2.90. The van der Waals surface area contributed by atoms with Crippen molar-refractivity contribution in [1.82, 2.24) is 0 Å². The van der Waals surface area contributed by atoms with E-state index in [1.807, 2.05) is 6.07 Å². The summed E-state index contributed by atoms with van der Waals surface area (Å²) in [6, 6.07) is 8.36. The summed E-state index contributed by atoms with van der Waals surface area (Å²) < 4.78 is 18.2. The first kappa shape index (κ1) is 10.5. The zero-order chi connectivity index (χ0) is 10.2. The topological polar surface area (TPSA) is 33.0 Å². The maximum absolute atomic E-state index is 13.0. The molecular formula is C11H12FNO. The summed E-state index contributed by atoms with van der Waals surface area (Å²) >= 11 is 0. The van der Waals surface area contributed by atoms with Gasteiger partial charge in [-0.15, -0.1) is 0 Å². The summed E-state index contributed by atoms with van der Waals surface area (Å²) in [7, 11) is 0. The molecule has 0 aromatic heterocycles. The Morgan fingerprint density at radius 1 is 1.29 bits per heavy atom. The number of benzene rings is 1. The van der Waals surface area contributed by atoms with Gasteiger partial charge in [-0.1, -0.05) is 12.1 Å². The summed E-state index contributed by atoms with van der Waals surface area (Å²) in [6.07, 6.45) is 2.10. The fourth-order valence-electron chi connectivity index (χ4n) is 1.05. The molecule has 0 fully saturated rings. The van der Waals surface area contributed by atoms with Gasteiger partial charge in [0.2, 0.25) is 0 Å². The molecule has 0 N–H and O–H groups in total. The smallest absolute Gasteiger partial charge is 0.165 e. The van der Waals surface area contributed by atoms with Crippen molar-refractivity contribution < 1.29 is 9.13 Å². The lowest BCUT2D eigenvalue weighted by Crippen LogP contribution is -1.98. The van der Waals surface area contributed by atoms with Crippen molar-refractivity contribution in [3.8, 4) is 11.8 Å². The number of hydrogen-bond donors (Lipinski definition) is 0. The van der Waals surface area contributed by atoms with Crippen LogP contribution in [0.3, 0.4) is 0 Å². The number of nitrogens with zero attached hydrogens (tertiary/aromatic N) is 1. The van der Waals surface area contributed by atoms with Crippen LogP contribution in [0.25, 0.3) is 0 Å². The molecule has 3 heteroatoms. The minimum atomic E-state index is -0.340. The van der Waals surface area contributed by atoms with Gasteiger partial charge in [0.1, 0.15) is 0 Å². The molecule has 0 heterocycles. The van der Waals surface area contributed by atoms with Gasteiger partial charge in [0.25, 0.3) is 0 Å². The van der Waals surface area contributed by atoms with Gasteiger partial charge in [-0.3, -0.25) is 0 Å². The second-order valence-electron chi connectivity index (χ2n) is 2.89. The maximum Gasteiger partial charge on any atom is 0.165 e. The van der Waals surface area contributed by atoms with Crippen LogP contribution in [-0.4, -0.2) is 6.61 Å². The zero-order valence-corrected chi connectivity index (χ0v) is 7.87. The highest BCUT2D eigenvalue weighted by Gasteiger charge is 1.99. The van der Waals surface area contributed by atoms with Crippen LogP contribution in [0, 0.1) is 17.1 Å². The van der Waals surface area contributed by atoms with Gasteiger partial charge in [0.15, 0.2) is 11.6 Å². The van der Waals surface area contributed by atoms with Crippen molar-refractivity contribution in [3.05, 3.63) is 30.1 Å². The number of halogens is 1. The highest BCUT2D eigenvalue weighted by atomic mass is 19.1. The molecule has 0 aliphatic carbocycles. The molecular weight excluding hydrogens is 181 g/mol. The zero-order valence-electron chi connectivity index (χ0n) is 7.87. The number of rotatable bonds is 5. The summed E-state index contributed by atoms with van der Waals surface area (Å²) in [5.41, 5.74) is 0. The lowest BCUT2D eigenvalue weighted by atomic mass is 10.2. The van der Waals surface area contributed by atoms with Crippen LogP contribution >= 0.6 is 0 Å². The van der Waals surface area contributed by atoms with E-state index < -0.39 is 0 Å². The second kappa shape index (κ2) is 5.98. The number of hydrogen-bond acceptors (Lipinski definition) is 2. The molecule has 2 nitrogen and oxygen atoms in total. The minimum Gasteiger partial charge on any atom is -0.491 e.